The molecule has 4 heteroatoms. The zero-order valence-electron chi connectivity index (χ0n) is 7.59. The van der Waals surface area contributed by atoms with E-state index in [-0.39, 0.29) is 0 Å². The molecular weight excluding hydrogens is 221 g/mol. The van der Waals surface area contributed by atoms with E-state index >= 15 is 0 Å². The van der Waals surface area contributed by atoms with Crippen LogP contribution in [0.3, 0.4) is 0 Å². The SMILES string of the molecule is Clc1ccc(OCC2CCN2)c(Cl)c1. The molecule has 0 bridgehead atoms. The third-order valence-electron chi connectivity index (χ3n) is 2.26. The van der Waals surface area contributed by atoms with Gasteiger partial charge in [-0.25, -0.2) is 0 Å². The maximum atomic E-state index is 5.94. The molecule has 0 aromatic heterocycles. The van der Waals surface area contributed by atoms with Crippen molar-refractivity contribution in [3.8, 4) is 5.75 Å². The molecule has 2 nitrogen and oxygen atoms in total. The van der Waals surface area contributed by atoms with Crippen LogP contribution in [0, 0.1) is 0 Å². The molecule has 1 atom stereocenters. The van der Waals surface area contributed by atoms with Crippen molar-refractivity contribution in [3.05, 3.63) is 28.2 Å². The Labute approximate surface area is 93.2 Å². The van der Waals surface area contributed by atoms with Crippen molar-refractivity contribution in [3.63, 3.8) is 0 Å². The summed E-state index contributed by atoms with van der Waals surface area (Å²) in [4.78, 5) is 0. The van der Waals surface area contributed by atoms with E-state index in [1.165, 1.54) is 6.42 Å². The summed E-state index contributed by atoms with van der Waals surface area (Å²) in [6.45, 7) is 1.75. The Balaban J connectivity index is 1.94. The zero-order chi connectivity index (χ0) is 9.97. The minimum Gasteiger partial charge on any atom is -0.490 e. The van der Waals surface area contributed by atoms with E-state index < -0.39 is 0 Å². The molecule has 1 aromatic carbocycles. The first kappa shape index (κ1) is 10.1. The van der Waals surface area contributed by atoms with E-state index in [1.54, 1.807) is 18.2 Å². The Morgan fingerprint density at radius 3 is 2.79 bits per heavy atom. The lowest BCUT2D eigenvalue weighted by molar-refractivity contribution is 0.217. The highest BCUT2D eigenvalue weighted by molar-refractivity contribution is 6.35. The summed E-state index contributed by atoms with van der Waals surface area (Å²) in [5, 5.41) is 4.45. The van der Waals surface area contributed by atoms with Gasteiger partial charge in [-0.2, -0.15) is 0 Å². The number of ether oxygens (including phenoxy) is 1. The lowest BCUT2D eigenvalue weighted by Crippen LogP contribution is -2.46. The second kappa shape index (κ2) is 4.39. The summed E-state index contributed by atoms with van der Waals surface area (Å²) < 4.78 is 5.54. The van der Waals surface area contributed by atoms with Gasteiger partial charge in [-0.15, -0.1) is 0 Å². The third-order valence-corrected chi connectivity index (χ3v) is 2.79. The Bertz CT molecular complexity index is 326. The van der Waals surface area contributed by atoms with Crippen LogP contribution in [0.5, 0.6) is 5.75 Å². The highest BCUT2D eigenvalue weighted by atomic mass is 35.5. The zero-order valence-corrected chi connectivity index (χ0v) is 9.11. The van der Waals surface area contributed by atoms with E-state index in [4.69, 9.17) is 27.9 Å². The van der Waals surface area contributed by atoms with Crippen molar-refractivity contribution in [1.82, 2.24) is 5.32 Å². The molecule has 0 aliphatic carbocycles. The van der Waals surface area contributed by atoms with Crippen molar-refractivity contribution in [1.29, 1.82) is 0 Å². The fourth-order valence-electron chi connectivity index (χ4n) is 1.27. The van der Waals surface area contributed by atoms with Gasteiger partial charge >= 0.3 is 0 Å². The number of rotatable bonds is 3. The van der Waals surface area contributed by atoms with Crippen LogP contribution in [0.1, 0.15) is 6.42 Å². The summed E-state index contributed by atoms with van der Waals surface area (Å²) in [7, 11) is 0. The van der Waals surface area contributed by atoms with Gasteiger partial charge in [0.2, 0.25) is 0 Å². The standard InChI is InChI=1S/C10H11Cl2NO/c11-7-1-2-10(9(12)5-7)14-6-8-3-4-13-8/h1-2,5,8,13H,3-4,6H2. The lowest BCUT2D eigenvalue weighted by atomic mass is 10.1. The van der Waals surface area contributed by atoms with E-state index in [2.05, 4.69) is 5.32 Å². The molecule has 0 amide bonds. The minimum atomic E-state index is 0.474. The molecule has 1 aliphatic rings. The molecule has 76 valence electrons. The molecule has 2 rings (SSSR count). The highest BCUT2D eigenvalue weighted by Gasteiger charge is 2.17. The fourth-order valence-corrected chi connectivity index (χ4v) is 1.74. The summed E-state index contributed by atoms with van der Waals surface area (Å²) in [5.74, 6) is 0.699. The molecule has 14 heavy (non-hydrogen) atoms. The van der Waals surface area contributed by atoms with Gasteiger partial charge in [-0.05, 0) is 31.2 Å². The number of hydrogen-bond acceptors (Lipinski definition) is 2. The van der Waals surface area contributed by atoms with Crippen LogP contribution in [-0.2, 0) is 0 Å². The van der Waals surface area contributed by atoms with E-state index in [9.17, 15) is 0 Å². The third kappa shape index (κ3) is 2.32. The Kier molecular flexibility index (Phi) is 3.16. The Morgan fingerprint density at radius 2 is 2.21 bits per heavy atom. The second-order valence-electron chi connectivity index (χ2n) is 3.33. The summed E-state index contributed by atoms with van der Waals surface area (Å²) in [5.41, 5.74) is 0. The van der Waals surface area contributed by atoms with Gasteiger partial charge in [0.15, 0.2) is 0 Å². The molecule has 0 spiro atoms. The summed E-state index contributed by atoms with van der Waals surface area (Å²) >= 11 is 11.7. The number of nitrogens with one attached hydrogen (secondary N) is 1. The van der Waals surface area contributed by atoms with Gasteiger partial charge < -0.3 is 10.1 Å². The monoisotopic (exact) mass is 231 g/mol. The van der Waals surface area contributed by atoms with Crippen LogP contribution in [0.4, 0.5) is 0 Å². The van der Waals surface area contributed by atoms with Crippen molar-refractivity contribution in [2.45, 2.75) is 12.5 Å². The average molecular weight is 232 g/mol. The van der Waals surface area contributed by atoms with Crippen molar-refractivity contribution >= 4 is 23.2 Å². The molecule has 1 N–H and O–H groups in total. The lowest BCUT2D eigenvalue weighted by Gasteiger charge is -2.27. The molecule has 1 saturated heterocycles. The smallest absolute Gasteiger partial charge is 0.138 e. The van der Waals surface area contributed by atoms with Gasteiger partial charge in [0.1, 0.15) is 12.4 Å². The largest absolute Gasteiger partial charge is 0.490 e. The normalized spacial score (nSPS) is 20.3. The van der Waals surface area contributed by atoms with Gasteiger partial charge in [-0.1, -0.05) is 23.2 Å². The molecule has 1 fully saturated rings. The van der Waals surface area contributed by atoms with Crippen LogP contribution in [-0.4, -0.2) is 19.2 Å². The van der Waals surface area contributed by atoms with E-state index in [0.717, 1.165) is 6.54 Å². The van der Waals surface area contributed by atoms with Gasteiger partial charge in [0, 0.05) is 11.1 Å². The molecule has 1 aliphatic heterocycles. The maximum absolute atomic E-state index is 5.94. The molecule has 0 radical (unpaired) electrons. The van der Waals surface area contributed by atoms with Crippen LogP contribution in [0.15, 0.2) is 18.2 Å². The van der Waals surface area contributed by atoms with Gasteiger partial charge in [-0.3, -0.25) is 0 Å². The predicted octanol–water partition coefficient (Wildman–Crippen LogP) is 2.73. The van der Waals surface area contributed by atoms with E-state index in [1.807, 2.05) is 0 Å². The van der Waals surface area contributed by atoms with Gasteiger partial charge in [0.25, 0.3) is 0 Å². The molecule has 1 heterocycles. The Hall–Kier alpha value is -0.440. The quantitative estimate of drug-likeness (QED) is 0.865. The van der Waals surface area contributed by atoms with Crippen molar-refractivity contribution in [2.75, 3.05) is 13.2 Å². The molecule has 0 saturated carbocycles. The number of benzene rings is 1. The van der Waals surface area contributed by atoms with Crippen LogP contribution >= 0.6 is 23.2 Å². The summed E-state index contributed by atoms with van der Waals surface area (Å²) in [6.07, 6.45) is 1.17. The predicted molar refractivity (Wildman–Crippen MR) is 58.4 cm³/mol. The average Bonchev–Trinajstić information content (AvgIpc) is 2.05. The van der Waals surface area contributed by atoms with Crippen LogP contribution in [0.25, 0.3) is 0 Å². The van der Waals surface area contributed by atoms with Crippen LogP contribution in [0.2, 0.25) is 10.0 Å². The number of halogens is 2. The van der Waals surface area contributed by atoms with Crippen molar-refractivity contribution < 1.29 is 4.74 Å². The minimum absolute atomic E-state index is 0.474. The molecular formula is C10H11Cl2NO. The first-order chi connectivity index (χ1) is 6.75. The fraction of sp³-hybridized carbons (Fsp3) is 0.400. The maximum Gasteiger partial charge on any atom is 0.138 e. The molecule has 1 unspecified atom stereocenters. The highest BCUT2D eigenvalue weighted by Crippen LogP contribution is 2.27. The Morgan fingerprint density at radius 1 is 1.43 bits per heavy atom. The second-order valence-corrected chi connectivity index (χ2v) is 4.17. The number of hydrogen-bond donors (Lipinski definition) is 1. The van der Waals surface area contributed by atoms with Crippen LogP contribution < -0.4 is 10.1 Å². The van der Waals surface area contributed by atoms with E-state index in [0.29, 0.717) is 28.4 Å². The van der Waals surface area contributed by atoms with Crippen molar-refractivity contribution in [2.24, 2.45) is 0 Å². The topological polar surface area (TPSA) is 21.3 Å². The first-order valence-electron chi connectivity index (χ1n) is 4.57. The molecule has 1 aromatic rings. The summed E-state index contributed by atoms with van der Waals surface area (Å²) in [6, 6.07) is 5.73. The first-order valence-corrected chi connectivity index (χ1v) is 5.32. The van der Waals surface area contributed by atoms with Gasteiger partial charge in [0.05, 0.1) is 5.02 Å².